The van der Waals surface area contributed by atoms with E-state index >= 15 is 0 Å². The van der Waals surface area contributed by atoms with Gasteiger partial charge in [0.25, 0.3) is 0 Å². The van der Waals surface area contributed by atoms with Crippen molar-refractivity contribution < 1.29 is 40.6 Å². The Balaban J connectivity index is 1.48. The van der Waals surface area contributed by atoms with Gasteiger partial charge < -0.3 is 19.7 Å². The number of hydrogen-bond donors (Lipinski definition) is 1. The van der Waals surface area contributed by atoms with E-state index in [0.29, 0.717) is 44.6 Å². The average Bonchev–Trinajstić information content (AvgIpc) is 2.92. The summed E-state index contributed by atoms with van der Waals surface area (Å²) in [6, 6.07) is 10.8. The summed E-state index contributed by atoms with van der Waals surface area (Å²) in [5.74, 6) is 0. The lowest BCUT2D eigenvalue weighted by Gasteiger charge is -2.42. The van der Waals surface area contributed by atoms with Crippen LogP contribution in [0.5, 0.6) is 0 Å². The van der Waals surface area contributed by atoms with Crippen LogP contribution in [0.4, 0.5) is 31.1 Å². The van der Waals surface area contributed by atoms with Crippen LogP contribution in [0, 0.1) is 0 Å². The zero-order valence-corrected chi connectivity index (χ0v) is 21.6. The zero-order chi connectivity index (χ0) is 28.3. The van der Waals surface area contributed by atoms with Crippen molar-refractivity contribution >= 4 is 6.09 Å². The smallest absolute Gasteiger partial charge is 0.416 e. The SMILES string of the molecule is C[C@@H](OC[C@@]1(c2ccccc2)CCC(OC(=O)N2CCCCC2)CN1)c1cc(C(F)(F)F)cc(C(F)(F)F)c1. The Morgan fingerprint density at radius 2 is 1.62 bits per heavy atom. The molecule has 1 unspecified atom stereocenters. The van der Waals surface area contributed by atoms with Crippen molar-refractivity contribution in [1.82, 2.24) is 10.2 Å². The molecule has 0 spiro atoms. The molecule has 11 heteroatoms. The summed E-state index contributed by atoms with van der Waals surface area (Å²) in [5, 5.41) is 3.40. The highest BCUT2D eigenvalue weighted by molar-refractivity contribution is 5.68. The van der Waals surface area contributed by atoms with Crippen LogP contribution in [0.3, 0.4) is 0 Å². The average molecular weight is 559 g/mol. The molecule has 4 rings (SSSR count). The lowest BCUT2D eigenvalue weighted by molar-refractivity contribution is -0.143. The van der Waals surface area contributed by atoms with Crippen molar-refractivity contribution in [3.05, 3.63) is 70.8 Å². The molecular formula is C28H32F6N2O3. The highest BCUT2D eigenvalue weighted by Crippen LogP contribution is 2.39. The summed E-state index contributed by atoms with van der Waals surface area (Å²) in [6.07, 6.45) is -7.66. The summed E-state index contributed by atoms with van der Waals surface area (Å²) >= 11 is 0. The second-order valence-corrected chi connectivity index (χ2v) is 10.2. The lowest BCUT2D eigenvalue weighted by atomic mass is 9.82. The maximum atomic E-state index is 13.3. The van der Waals surface area contributed by atoms with Gasteiger partial charge in [-0.25, -0.2) is 4.79 Å². The fraction of sp³-hybridized carbons (Fsp3) is 0.536. The number of alkyl halides is 6. The number of likely N-dealkylation sites (tertiary alicyclic amines) is 1. The normalized spacial score (nSPS) is 23.4. The Morgan fingerprint density at radius 1 is 1.00 bits per heavy atom. The number of hydrogen-bond acceptors (Lipinski definition) is 4. The van der Waals surface area contributed by atoms with Crippen LogP contribution >= 0.6 is 0 Å². The molecule has 214 valence electrons. The molecule has 0 radical (unpaired) electrons. The van der Waals surface area contributed by atoms with Gasteiger partial charge in [0.15, 0.2) is 0 Å². The standard InChI is InChI=1S/C28H32F6N2O3/c1-19(20-14-22(27(29,30)31)16-23(15-20)28(32,33)34)38-18-26(21-8-4-2-5-9-21)11-10-24(17-35-26)39-25(37)36-12-6-3-7-13-36/h2,4-5,8-9,14-16,19,24,35H,3,6-7,10-13,17-18H2,1H3/t19-,24?,26-/m1/s1. The number of rotatable bonds is 6. The number of halogens is 6. The van der Waals surface area contributed by atoms with Gasteiger partial charge in [0.2, 0.25) is 0 Å². The third-order valence-electron chi connectivity index (χ3n) is 7.43. The quantitative estimate of drug-likeness (QED) is 0.386. The molecule has 0 aromatic heterocycles. The summed E-state index contributed by atoms with van der Waals surface area (Å²) in [7, 11) is 0. The van der Waals surface area contributed by atoms with Gasteiger partial charge in [-0.1, -0.05) is 30.3 Å². The fourth-order valence-electron chi connectivity index (χ4n) is 5.09. The molecule has 0 aliphatic carbocycles. The van der Waals surface area contributed by atoms with E-state index in [1.165, 1.54) is 6.92 Å². The zero-order valence-electron chi connectivity index (χ0n) is 21.6. The molecule has 39 heavy (non-hydrogen) atoms. The highest BCUT2D eigenvalue weighted by Gasteiger charge is 2.40. The van der Waals surface area contributed by atoms with Gasteiger partial charge in [-0.05, 0) is 68.4 Å². The van der Waals surface area contributed by atoms with Crippen molar-refractivity contribution in [2.45, 2.75) is 69.1 Å². The number of nitrogens with one attached hydrogen (secondary N) is 1. The number of ether oxygens (including phenoxy) is 2. The van der Waals surface area contributed by atoms with Gasteiger partial charge in [0, 0.05) is 19.6 Å². The number of nitrogens with zero attached hydrogens (tertiary/aromatic N) is 1. The number of benzene rings is 2. The highest BCUT2D eigenvalue weighted by atomic mass is 19.4. The van der Waals surface area contributed by atoms with Crippen LogP contribution < -0.4 is 5.32 Å². The number of carbonyl (C=O) groups excluding carboxylic acids is 1. The predicted octanol–water partition coefficient (Wildman–Crippen LogP) is 7.07. The first-order valence-electron chi connectivity index (χ1n) is 13.0. The minimum Gasteiger partial charge on any atom is -0.445 e. The molecule has 5 nitrogen and oxygen atoms in total. The summed E-state index contributed by atoms with van der Waals surface area (Å²) < 4.78 is 91.8. The molecule has 0 saturated carbocycles. The molecule has 2 saturated heterocycles. The molecule has 2 aromatic carbocycles. The van der Waals surface area contributed by atoms with Gasteiger partial charge in [-0.15, -0.1) is 0 Å². The molecular weight excluding hydrogens is 526 g/mol. The van der Waals surface area contributed by atoms with Crippen molar-refractivity contribution in [2.24, 2.45) is 0 Å². The largest absolute Gasteiger partial charge is 0.445 e. The second-order valence-electron chi connectivity index (χ2n) is 10.2. The van der Waals surface area contributed by atoms with E-state index in [1.54, 1.807) is 4.90 Å². The van der Waals surface area contributed by atoms with Crippen LogP contribution in [0.2, 0.25) is 0 Å². The minimum atomic E-state index is -4.94. The maximum Gasteiger partial charge on any atom is 0.416 e. The molecule has 2 fully saturated rings. The Bertz CT molecular complexity index is 1080. The van der Waals surface area contributed by atoms with E-state index in [9.17, 15) is 31.1 Å². The van der Waals surface area contributed by atoms with Crippen LogP contribution in [0.25, 0.3) is 0 Å². The van der Waals surface area contributed by atoms with E-state index in [-0.39, 0.29) is 30.4 Å². The Morgan fingerprint density at radius 3 is 2.15 bits per heavy atom. The van der Waals surface area contributed by atoms with Gasteiger partial charge in [0.05, 0.1) is 29.4 Å². The van der Waals surface area contributed by atoms with Gasteiger partial charge in [-0.3, -0.25) is 0 Å². The van der Waals surface area contributed by atoms with Crippen LogP contribution in [0.1, 0.15) is 67.4 Å². The van der Waals surface area contributed by atoms with E-state index in [2.05, 4.69) is 5.32 Å². The first-order valence-corrected chi connectivity index (χ1v) is 13.0. The van der Waals surface area contributed by atoms with Crippen LogP contribution in [-0.2, 0) is 27.4 Å². The summed E-state index contributed by atoms with van der Waals surface area (Å²) in [5.41, 5.74) is -2.88. The van der Waals surface area contributed by atoms with Gasteiger partial charge >= 0.3 is 18.4 Å². The molecule has 1 N–H and O–H groups in total. The molecule has 2 aliphatic heterocycles. The lowest BCUT2D eigenvalue weighted by Crippen LogP contribution is -2.54. The fourth-order valence-corrected chi connectivity index (χ4v) is 5.09. The summed E-state index contributed by atoms with van der Waals surface area (Å²) in [4.78, 5) is 14.3. The Labute approximate surface area is 223 Å². The number of amides is 1. The van der Waals surface area contributed by atoms with Crippen LogP contribution in [-0.4, -0.2) is 43.3 Å². The second kappa shape index (κ2) is 11.8. The van der Waals surface area contributed by atoms with Crippen molar-refractivity contribution in [1.29, 1.82) is 0 Å². The van der Waals surface area contributed by atoms with E-state index in [4.69, 9.17) is 9.47 Å². The van der Waals surface area contributed by atoms with Gasteiger partial charge in [-0.2, -0.15) is 26.3 Å². The molecule has 2 heterocycles. The van der Waals surface area contributed by atoms with Gasteiger partial charge in [0.1, 0.15) is 6.10 Å². The topological polar surface area (TPSA) is 50.8 Å². The Hall–Kier alpha value is -2.79. The van der Waals surface area contributed by atoms with Crippen molar-refractivity contribution in [3.63, 3.8) is 0 Å². The minimum absolute atomic E-state index is 0.0113. The molecule has 3 atom stereocenters. The number of carbonyl (C=O) groups is 1. The predicted molar refractivity (Wildman–Crippen MR) is 132 cm³/mol. The number of piperidine rings is 2. The molecule has 2 aromatic rings. The Kier molecular flexibility index (Phi) is 8.80. The maximum absolute atomic E-state index is 13.3. The van der Waals surface area contributed by atoms with Crippen molar-refractivity contribution in [3.8, 4) is 0 Å². The van der Waals surface area contributed by atoms with E-state index < -0.39 is 35.1 Å². The van der Waals surface area contributed by atoms with E-state index in [1.807, 2.05) is 30.3 Å². The first-order chi connectivity index (χ1) is 18.4. The third-order valence-corrected chi connectivity index (χ3v) is 7.43. The molecule has 0 bridgehead atoms. The molecule has 1 amide bonds. The third kappa shape index (κ3) is 7.25. The summed E-state index contributed by atoms with van der Waals surface area (Å²) in [6.45, 7) is 3.09. The van der Waals surface area contributed by atoms with Crippen molar-refractivity contribution in [2.75, 3.05) is 26.2 Å². The molecule has 2 aliphatic rings. The van der Waals surface area contributed by atoms with Crippen LogP contribution in [0.15, 0.2) is 48.5 Å². The van der Waals surface area contributed by atoms with E-state index in [0.717, 1.165) is 24.8 Å². The monoisotopic (exact) mass is 558 g/mol. The first kappa shape index (κ1) is 29.2.